The van der Waals surface area contributed by atoms with Crippen LogP contribution in [-0.4, -0.2) is 18.7 Å². The van der Waals surface area contributed by atoms with Gasteiger partial charge < -0.3 is 4.74 Å². The van der Waals surface area contributed by atoms with Crippen molar-refractivity contribution in [3.05, 3.63) is 62.5 Å². The lowest BCUT2D eigenvalue weighted by Crippen LogP contribution is -2.24. The molecule has 0 spiro atoms. The fraction of sp³-hybridized carbons (Fsp3) is 0.125. The van der Waals surface area contributed by atoms with Crippen LogP contribution in [-0.2, 0) is 4.79 Å². The maximum Gasteiger partial charge on any atom is 0.277 e. The van der Waals surface area contributed by atoms with Crippen LogP contribution in [0, 0.1) is 6.92 Å². The van der Waals surface area contributed by atoms with Crippen molar-refractivity contribution in [2.24, 2.45) is 5.10 Å². The topological polar surface area (TPSA) is 50.7 Å². The van der Waals surface area contributed by atoms with Gasteiger partial charge in [0.1, 0.15) is 5.75 Å². The van der Waals surface area contributed by atoms with E-state index in [9.17, 15) is 4.79 Å². The van der Waals surface area contributed by atoms with Crippen molar-refractivity contribution < 1.29 is 9.53 Å². The Kier molecular flexibility index (Phi) is 6.15. The van der Waals surface area contributed by atoms with Crippen LogP contribution in [0.2, 0.25) is 0 Å². The molecule has 2 rings (SSSR count). The van der Waals surface area contributed by atoms with E-state index in [-0.39, 0.29) is 12.5 Å². The van der Waals surface area contributed by atoms with Crippen molar-refractivity contribution in [1.82, 2.24) is 5.43 Å². The fourth-order valence-corrected chi connectivity index (χ4v) is 3.31. The Hall–Kier alpha value is -1.66. The number of hydrogen-bond donors (Lipinski definition) is 1. The lowest BCUT2D eigenvalue weighted by molar-refractivity contribution is -0.123. The average molecular weight is 426 g/mol. The molecule has 0 bridgehead atoms. The molecule has 6 heteroatoms. The zero-order chi connectivity index (χ0) is 15.9. The number of ether oxygens (including phenoxy) is 1. The van der Waals surface area contributed by atoms with Crippen LogP contribution in [0.1, 0.15) is 11.1 Å². The van der Waals surface area contributed by atoms with Gasteiger partial charge >= 0.3 is 0 Å². The van der Waals surface area contributed by atoms with Crippen molar-refractivity contribution in [3.63, 3.8) is 0 Å². The molecule has 0 atom stereocenters. The number of aryl methyl sites for hydroxylation is 1. The van der Waals surface area contributed by atoms with Gasteiger partial charge in [0.2, 0.25) is 0 Å². The second-order valence-corrected chi connectivity index (χ2v) is 6.30. The second kappa shape index (κ2) is 8.10. The molecule has 22 heavy (non-hydrogen) atoms. The molecule has 0 aliphatic carbocycles. The lowest BCUT2D eigenvalue weighted by atomic mass is 10.2. The van der Waals surface area contributed by atoms with Crippen molar-refractivity contribution in [2.75, 3.05) is 6.61 Å². The maximum atomic E-state index is 11.7. The highest BCUT2D eigenvalue weighted by molar-refractivity contribution is 9.11. The summed E-state index contributed by atoms with van der Waals surface area (Å²) in [4.78, 5) is 11.7. The zero-order valence-electron chi connectivity index (χ0n) is 11.8. The standard InChI is InChI=1S/C16H14Br2N2O2/c1-11-7-13(17)8-14(18)16(11)22-10-15(21)20-19-9-12-5-3-2-4-6-12/h2-9H,10H2,1H3,(H,20,21). The number of hydrogen-bond acceptors (Lipinski definition) is 3. The Morgan fingerprint density at radius 2 is 2.00 bits per heavy atom. The summed E-state index contributed by atoms with van der Waals surface area (Å²) < 4.78 is 7.27. The van der Waals surface area contributed by atoms with Gasteiger partial charge in [-0.05, 0) is 46.1 Å². The number of nitrogens with zero attached hydrogens (tertiary/aromatic N) is 1. The van der Waals surface area contributed by atoms with Gasteiger partial charge in [-0.15, -0.1) is 0 Å². The molecular formula is C16H14Br2N2O2. The molecule has 1 amide bonds. The molecule has 0 saturated carbocycles. The summed E-state index contributed by atoms with van der Waals surface area (Å²) in [5, 5.41) is 3.89. The number of hydrazone groups is 1. The number of benzene rings is 2. The van der Waals surface area contributed by atoms with Crippen molar-refractivity contribution in [2.45, 2.75) is 6.92 Å². The highest BCUT2D eigenvalue weighted by Crippen LogP contribution is 2.32. The molecule has 0 fully saturated rings. The molecule has 0 saturated heterocycles. The molecule has 1 N–H and O–H groups in total. The van der Waals surface area contributed by atoms with Crippen LogP contribution in [0.25, 0.3) is 0 Å². The smallest absolute Gasteiger partial charge is 0.277 e. The number of carbonyl (C=O) groups excluding carboxylic acids is 1. The lowest BCUT2D eigenvalue weighted by Gasteiger charge is -2.10. The Bertz CT molecular complexity index is 665. The quantitative estimate of drug-likeness (QED) is 0.580. The second-order valence-electron chi connectivity index (χ2n) is 4.53. The highest BCUT2D eigenvalue weighted by Gasteiger charge is 2.09. The minimum absolute atomic E-state index is 0.104. The Morgan fingerprint density at radius 3 is 2.68 bits per heavy atom. The number of nitrogens with one attached hydrogen (secondary N) is 1. The highest BCUT2D eigenvalue weighted by atomic mass is 79.9. The molecule has 0 aromatic heterocycles. The number of rotatable bonds is 5. The van der Waals surface area contributed by atoms with Gasteiger partial charge in [-0.1, -0.05) is 46.3 Å². The molecule has 0 aliphatic heterocycles. The number of amides is 1. The van der Waals surface area contributed by atoms with Crippen LogP contribution in [0.15, 0.2) is 56.5 Å². The summed E-state index contributed by atoms with van der Waals surface area (Å²) in [6, 6.07) is 13.3. The van der Waals surface area contributed by atoms with Crippen LogP contribution in [0.3, 0.4) is 0 Å². The number of halogens is 2. The first-order chi connectivity index (χ1) is 10.6. The van der Waals surface area contributed by atoms with Crippen molar-refractivity contribution in [1.29, 1.82) is 0 Å². The van der Waals surface area contributed by atoms with Crippen LogP contribution in [0.5, 0.6) is 5.75 Å². The van der Waals surface area contributed by atoms with Gasteiger partial charge in [0.05, 0.1) is 10.7 Å². The Morgan fingerprint density at radius 1 is 1.27 bits per heavy atom. The molecular weight excluding hydrogens is 412 g/mol. The van der Waals surface area contributed by atoms with Gasteiger partial charge in [-0.3, -0.25) is 4.79 Å². The minimum Gasteiger partial charge on any atom is -0.482 e. The van der Waals surface area contributed by atoms with E-state index in [1.165, 1.54) is 0 Å². The molecule has 2 aromatic rings. The summed E-state index contributed by atoms with van der Waals surface area (Å²) in [7, 11) is 0. The monoisotopic (exact) mass is 424 g/mol. The first-order valence-corrected chi connectivity index (χ1v) is 8.10. The van der Waals surface area contributed by atoms with Gasteiger partial charge in [0, 0.05) is 4.47 Å². The molecule has 4 nitrogen and oxygen atoms in total. The van der Waals surface area contributed by atoms with Crippen molar-refractivity contribution in [3.8, 4) is 5.75 Å². The van der Waals surface area contributed by atoms with Gasteiger partial charge in [-0.25, -0.2) is 5.43 Å². The fourth-order valence-electron chi connectivity index (χ4n) is 1.76. The summed E-state index contributed by atoms with van der Waals surface area (Å²) in [5.74, 6) is 0.326. The Balaban J connectivity index is 1.87. The normalized spacial score (nSPS) is 10.7. The van der Waals surface area contributed by atoms with Crippen molar-refractivity contribution >= 4 is 44.0 Å². The SMILES string of the molecule is Cc1cc(Br)cc(Br)c1OCC(=O)NN=Cc1ccccc1. The van der Waals surface area contributed by atoms with E-state index in [1.807, 2.05) is 49.4 Å². The molecule has 0 aliphatic rings. The van der Waals surface area contributed by atoms with Crippen LogP contribution in [0.4, 0.5) is 0 Å². The minimum atomic E-state index is -0.318. The van der Waals surface area contributed by atoms with E-state index in [0.29, 0.717) is 5.75 Å². The Labute approximate surface area is 145 Å². The van der Waals surface area contributed by atoms with E-state index < -0.39 is 0 Å². The molecule has 0 heterocycles. The maximum absolute atomic E-state index is 11.7. The van der Waals surface area contributed by atoms with E-state index >= 15 is 0 Å². The third-order valence-electron chi connectivity index (χ3n) is 2.74. The van der Waals surface area contributed by atoms with E-state index in [4.69, 9.17) is 4.74 Å². The van der Waals surface area contributed by atoms with Crippen LogP contribution >= 0.6 is 31.9 Å². The van der Waals surface area contributed by atoms with Gasteiger partial charge in [-0.2, -0.15) is 5.10 Å². The first kappa shape index (κ1) is 16.7. The number of carbonyl (C=O) groups is 1. The van der Waals surface area contributed by atoms with Crippen LogP contribution < -0.4 is 10.2 Å². The predicted octanol–water partition coefficient (Wildman–Crippen LogP) is 4.05. The molecule has 2 aromatic carbocycles. The molecule has 0 unspecified atom stereocenters. The van der Waals surface area contributed by atoms with E-state index in [0.717, 1.165) is 20.1 Å². The third kappa shape index (κ3) is 4.96. The summed E-state index contributed by atoms with van der Waals surface area (Å²) in [5.41, 5.74) is 4.28. The summed E-state index contributed by atoms with van der Waals surface area (Å²) in [6.07, 6.45) is 1.58. The molecule has 0 radical (unpaired) electrons. The average Bonchev–Trinajstić information content (AvgIpc) is 2.47. The molecule has 114 valence electrons. The third-order valence-corrected chi connectivity index (χ3v) is 3.79. The zero-order valence-corrected chi connectivity index (χ0v) is 15.0. The van der Waals surface area contributed by atoms with Gasteiger partial charge in [0.15, 0.2) is 6.61 Å². The van der Waals surface area contributed by atoms with E-state index in [1.54, 1.807) is 6.21 Å². The van der Waals surface area contributed by atoms with E-state index in [2.05, 4.69) is 42.4 Å². The largest absolute Gasteiger partial charge is 0.482 e. The summed E-state index contributed by atoms with van der Waals surface area (Å²) in [6.45, 7) is 1.81. The predicted molar refractivity (Wildman–Crippen MR) is 94.3 cm³/mol. The van der Waals surface area contributed by atoms with Gasteiger partial charge in [0.25, 0.3) is 5.91 Å². The first-order valence-electron chi connectivity index (χ1n) is 6.51. The summed E-state index contributed by atoms with van der Waals surface area (Å²) >= 11 is 6.81.